The van der Waals surface area contributed by atoms with Gasteiger partial charge < -0.3 is 10.1 Å². The van der Waals surface area contributed by atoms with E-state index < -0.39 is 0 Å². The molecule has 1 N–H and O–H groups in total. The molecule has 2 aromatic carbocycles. The van der Waals surface area contributed by atoms with E-state index in [0.717, 1.165) is 21.1 Å². The summed E-state index contributed by atoms with van der Waals surface area (Å²) in [5, 5.41) is 16.5. The van der Waals surface area contributed by atoms with E-state index in [1.165, 1.54) is 11.3 Å². The van der Waals surface area contributed by atoms with Gasteiger partial charge in [-0.05, 0) is 29.8 Å². The van der Waals surface area contributed by atoms with Crippen molar-refractivity contribution in [2.24, 2.45) is 0 Å². The van der Waals surface area contributed by atoms with Crippen LogP contribution in [0.25, 0.3) is 15.5 Å². The molecule has 4 rings (SSSR count). The highest BCUT2D eigenvalue weighted by molar-refractivity contribution is 7.19. The molecule has 136 valence electrons. The molecular formula is C18H14ClN5O2S. The molecule has 0 bridgehead atoms. The maximum Gasteiger partial charge on any atom is 0.258 e. The van der Waals surface area contributed by atoms with E-state index in [4.69, 9.17) is 16.3 Å². The second-order valence-corrected chi connectivity index (χ2v) is 7.07. The zero-order valence-corrected chi connectivity index (χ0v) is 15.6. The number of nitrogens with zero attached hydrogens (tertiary/aromatic N) is 4. The van der Waals surface area contributed by atoms with Crippen LogP contribution in [0, 0.1) is 0 Å². The van der Waals surface area contributed by atoms with Crippen LogP contribution in [0.5, 0.6) is 5.75 Å². The minimum absolute atomic E-state index is 0.0489. The molecular weight excluding hydrogens is 386 g/mol. The van der Waals surface area contributed by atoms with Gasteiger partial charge in [0, 0.05) is 17.1 Å². The summed E-state index contributed by atoms with van der Waals surface area (Å²) in [6.45, 7) is 0.376. The molecule has 2 heterocycles. The van der Waals surface area contributed by atoms with Gasteiger partial charge in [0.05, 0.1) is 0 Å². The lowest BCUT2D eigenvalue weighted by Crippen LogP contribution is -2.28. The molecule has 7 nitrogen and oxygen atoms in total. The second kappa shape index (κ2) is 7.73. The fourth-order valence-electron chi connectivity index (χ4n) is 2.37. The number of halogens is 1. The Hall–Kier alpha value is -2.97. The van der Waals surface area contributed by atoms with Gasteiger partial charge >= 0.3 is 0 Å². The first kappa shape index (κ1) is 17.4. The summed E-state index contributed by atoms with van der Waals surface area (Å²) in [4.78, 5) is 12.7. The lowest BCUT2D eigenvalue weighted by molar-refractivity contribution is -0.123. The molecule has 9 heteroatoms. The van der Waals surface area contributed by atoms with Crippen LogP contribution in [-0.2, 0) is 11.3 Å². The van der Waals surface area contributed by atoms with Crippen LogP contribution in [0.4, 0.5) is 0 Å². The van der Waals surface area contributed by atoms with Gasteiger partial charge in [-0.2, -0.15) is 9.61 Å². The van der Waals surface area contributed by atoms with E-state index in [9.17, 15) is 4.79 Å². The van der Waals surface area contributed by atoms with Gasteiger partial charge in [0.15, 0.2) is 6.61 Å². The molecule has 1 amide bonds. The Balaban J connectivity index is 1.29. The molecule has 0 aliphatic carbocycles. The summed E-state index contributed by atoms with van der Waals surface area (Å²) < 4.78 is 7.07. The first-order valence-corrected chi connectivity index (χ1v) is 9.28. The van der Waals surface area contributed by atoms with Gasteiger partial charge in [-0.1, -0.05) is 47.2 Å². The van der Waals surface area contributed by atoms with Crippen molar-refractivity contribution in [3.63, 3.8) is 0 Å². The summed E-state index contributed by atoms with van der Waals surface area (Å²) in [6.07, 6.45) is 1.57. The van der Waals surface area contributed by atoms with Crippen molar-refractivity contribution >= 4 is 33.8 Å². The zero-order valence-electron chi connectivity index (χ0n) is 14.0. The quantitative estimate of drug-likeness (QED) is 0.538. The molecule has 0 atom stereocenters. The highest BCUT2D eigenvalue weighted by Crippen LogP contribution is 2.24. The zero-order chi connectivity index (χ0) is 18.6. The fourth-order valence-corrected chi connectivity index (χ4v) is 3.32. The molecule has 0 fully saturated rings. The monoisotopic (exact) mass is 399 g/mol. The molecule has 0 saturated heterocycles. The predicted octanol–water partition coefficient (Wildman–Crippen LogP) is 3.20. The average Bonchev–Trinajstić information content (AvgIpc) is 3.28. The van der Waals surface area contributed by atoms with E-state index >= 15 is 0 Å². The van der Waals surface area contributed by atoms with E-state index in [2.05, 4.69) is 20.6 Å². The largest absolute Gasteiger partial charge is 0.484 e. The van der Waals surface area contributed by atoms with Gasteiger partial charge in [-0.15, -0.1) is 10.2 Å². The first-order chi connectivity index (χ1) is 13.2. The van der Waals surface area contributed by atoms with Crippen LogP contribution in [0.15, 0.2) is 54.9 Å². The van der Waals surface area contributed by atoms with Crippen molar-refractivity contribution in [3.8, 4) is 16.3 Å². The number of hydrogen-bond donors (Lipinski definition) is 1. The molecule has 0 radical (unpaired) electrons. The molecule has 0 spiro atoms. The Labute approximate surface area is 163 Å². The van der Waals surface area contributed by atoms with Gasteiger partial charge in [-0.25, -0.2) is 0 Å². The van der Waals surface area contributed by atoms with E-state index in [-0.39, 0.29) is 12.5 Å². The van der Waals surface area contributed by atoms with Crippen molar-refractivity contribution in [2.75, 3.05) is 6.61 Å². The van der Waals surface area contributed by atoms with Crippen LogP contribution < -0.4 is 10.1 Å². The topological polar surface area (TPSA) is 81.4 Å². The van der Waals surface area contributed by atoms with Gasteiger partial charge in [0.25, 0.3) is 5.91 Å². The highest BCUT2D eigenvalue weighted by atomic mass is 35.5. The number of aromatic nitrogens is 4. The molecule has 0 aliphatic heterocycles. The van der Waals surface area contributed by atoms with Crippen molar-refractivity contribution in [1.82, 2.24) is 25.1 Å². The van der Waals surface area contributed by atoms with Crippen molar-refractivity contribution in [2.45, 2.75) is 6.54 Å². The summed E-state index contributed by atoms with van der Waals surface area (Å²) >= 11 is 7.28. The van der Waals surface area contributed by atoms with E-state index in [1.807, 2.05) is 24.3 Å². The number of rotatable bonds is 6. The van der Waals surface area contributed by atoms with E-state index in [1.54, 1.807) is 35.1 Å². The minimum Gasteiger partial charge on any atom is -0.484 e. The number of fused-ring (bicyclic) bond motifs is 1. The molecule has 0 saturated carbocycles. The van der Waals surface area contributed by atoms with Crippen LogP contribution in [0.3, 0.4) is 0 Å². The van der Waals surface area contributed by atoms with Crippen molar-refractivity contribution in [1.29, 1.82) is 0 Å². The summed E-state index contributed by atoms with van der Waals surface area (Å²) in [7, 11) is 0. The molecule has 0 aliphatic rings. The van der Waals surface area contributed by atoms with Gasteiger partial charge in [0.2, 0.25) is 4.96 Å². The Bertz CT molecular complexity index is 1030. The third-order valence-electron chi connectivity index (χ3n) is 3.76. The Morgan fingerprint density at radius 3 is 2.67 bits per heavy atom. The standard InChI is InChI=1S/C18H14ClN5O2S/c19-14-5-7-15(8-6-14)26-10-16(25)20-9-12-1-3-13(4-2-12)17-23-24-11-21-22-18(24)27-17/h1-8,11H,9-10H2,(H,20,25). The van der Waals surface area contributed by atoms with Gasteiger partial charge in [0.1, 0.15) is 17.1 Å². The third kappa shape index (κ3) is 4.24. The predicted molar refractivity (Wildman–Crippen MR) is 103 cm³/mol. The molecule has 27 heavy (non-hydrogen) atoms. The molecule has 4 aromatic rings. The maximum absolute atomic E-state index is 11.9. The number of benzene rings is 2. The van der Waals surface area contributed by atoms with Crippen molar-refractivity contribution in [3.05, 3.63) is 65.4 Å². The molecule has 2 aromatic heterocycles. The number of carbonyl (C=O) groups excluding carboxylic acids is 1. The van der Waals surface area contributed by atoms with Crippen LogP contribution in [0.2, 0.25) is 5.02 Å². The highest BCUT2D eigenvalue weighted by Gasteiger charge is 2.08. The van der Waals surface area contributed by atoms with Gasteiger partial charge in [-0.3, -0.25) is 4.79 Å². The van der Waals surface area contributed by atoms with Crippen LogP contribution >= 0.6 is 22.9 Å². The molecule has 0 unspecified atom stereocenters. The lowest BCUT2D eigenvalue weighted by Gasteiger charge is -2.08. The lowest BCUT2D eigenvalue weighted by atomic mass is 10.1. The van der Waals surface area contributed by atoms with Crippen LogP contribution in [-0.4, -0.2) is 32.3 Å². The third-order valence-corrected chi connectivity index (χ3v) is 4.97. The summed E-state index contributed by atoms with van der Waals surface area (Å²) in [5.41, 5.74) is 1.98. The number of amides is 1. The first-order valence-electron chi connectivity index (χ1n) is 8.08. The Kier molecular flexibility index (Phi) is 4.99. The summed E-state index contributed by atoms with van der Waals surface area (Å²) in [6, 6.07) is 14.7. The maximum atomic E-state index is 11.9. The Morgan fingerprint density at radius 1 is 1.15 bits per heavy atom. The number of nitrogens with one attached hydrogen (secondary N) is 1. The smallest absolute Gasteiger partial charge is 0.258 e. The Morgan fingerprint density at radius 2 is 1.93 bits per heavy atom. The average molecular weight is 400 g/mol. The normalized spacial score (nSPS) is 10.9. The van der Waals surface area contributed by atoms with E-state index in [0.29, 0.717) is 17.3 Å². The minimum atomic E-state index is -0.192. The second-order valence-electron chi connectivity index (χ2n) is 5.68. The van der Waals surface area contributed by atoms with Crippen molar-refractivity contribution < 1.29 is 9.53 Å². The SMILES string of the molecule is O=C(COc1ccc(Cl)cc1)NCc1ccc(-c2nn3cnnc3s2)cc1. The number of carbonyl (C=O) groups is 1. The summed E-state index contributed by atoms with van der Waals surface area (Å²) in [5.74, 6) is 0.409. The fraction of sp³-hybridized carbons (Fsp3) is 0.111. The number of ether oxygens (including phenoxy) is 1. The number of hydrogen-bond acceptors (Lipinski definition) is 6. The van der Waals surface area contributed by atoms with Crippen LogP contribution in [0.1, 0.15) is 5.56 Å².